The van der Waals surface area contributed by atoms with Crippen LogP contribution < -0.4 is 5.32 Å². The third kappa shape index (κ3) is 5.10. The second-order valence-electron chi connectivity index (χ2n) is 11.1. The molecule has 4 aromatic rings. The number of carbonyl (C=O) groups excluding carboxylic acids is 2. The van der Waals surface area contributed by atoms with Crippen LogP contribution in [0.5, 0.6) is 0 Å². The van der Waals surface area contributed by atoms with Gasteiger partial charge in [-0.3, -0.25) is 4.79 Å². The summed E-state index contributed by atoms with van der Waals surface area (Å²) in [5.41, 5.74) is 5.80. The summed E-state index contributed by atoms with van der Waals surface area (Å²) in [5.74, 6) is -0.0708. The van der Waals surface area contributed by atoms with Gasteiger partial charge in [-0.05, 0) is 60.8 Å². The molecule has 6 heteroatoms. The standard InChI is InChI=1S/C32H34N2O3S/c1-6-37-31(36)28-23-16-11-19(2)17-27(23)38-30(28)34-29(35)24-18-26(33-25-10-8-7-9-22(24)25)20-12-14-21(15-13-20)32(3,4)5/h7-10,12-15,18-19H,6,11,16-17H2,1-5H3,(H,34,35)/t19-/m0/s1. The number of anilines is 1. The molecule has 0 fully saturated rings. The number of thiophene rings is 1. The Labute approximate surface area is 228 Å². The van der Waals surface area contributed by atoms with E-state index in [-0.39, 0.29) is 17.3 Å². The number of carbonyl (C=O) groups is 2. The number of esters is 1. The number of hydrogen-bond acceptors (Lipinski definition) is 5. The second-order valence-corrected chi connectivity index (χ2v) is 12.2. The Morgan fingerprint density at radius 1 is 1.11 bits per heavy atom. The van der Waals surface area contributed by atoms with Gasteiger partial charge in [-0.25, -0.2) is 9.78 Å². The third-order valence-corrected chi connectivity index (χ3v) is 8.40. The van der Waals surface area contributed by atoms with Crippen molar-refractivity contribution < 1.29 is 14.3 Å². The maximum Gasteiger partial charge on any atom is 0.341 e. The van der Waals surface area contributed by atoms with Gasteiger partial charge in [-0.1, -0.05) is 70.2 Å². The maximum atomic E-state index is 13.8. The topological polar surface area (TPSA) is 68.3 Å². The fourth-order valence-electron chi connectivity index (χ4n) is 5.08. The Balaban J connectivity index is 1.55. The van der Waals surface area contributed by atoms with Gasteiger partial charge in [0.2, 0.25) is 0 Å². The number of para-hydroxylation sites is 1. The van der Waals surface area contributed by atoms with Crippen LogP contribution >= 0.6 is 11.3 Å². The smallest absolute Gasteiger partial charge is 0.341 e. The lowest BCUT2D eigenvalue weighted by atomic mass is 9.86. The molecule has 196 valence electrons. The summed E-state index contributed by atoms with van der Waals surface area (Å²) in [6, 6.07) is 17.9. The number of fused-ring (bicyclic) bond motifs is 2. The van der Waals surface area contributed by atoms with Gasteiger partial charge in [0.1, 0.15) is 5.00 Å². The minimum atomic E-state index is -0.367. The molecule has 1 atom stereocenters. The fraction of sp³-hybridized carbons (Fsp3) is 0.344. The highest BCUT2D eigenvalue weighted by Crippen LogP contribution is 2.40. The van der Waals surface area contributed by atoms with Gasteiger partial charge < -0.3 is 10.1 Å². The summed E-state index contributed by atoms with van der Waals surface area (Å²) in [7, 11) is 0. The zero-order chi connectivity index (χ0) is 27.0. The van der Waals surface area contributed by atoms with Crippen LogP contribution in [-0.2, 0) is 23.0 Å². The number of hydrogen-bond donors (Lipinski definition) is 1. The predicted molar refractivity (Wildman–Crippen MR) is 155 cm³/mol. The number of benzene rings is 2. The Hall–Kier alpha value is -3.51. The summed E-state index contributed by atoms with van der Waals surface area (Å²) in [6.45, 7) is 10.9. The molecule has 38 heavy (non-hydrogen) atoms. The molecule has 1 N–H and O–H groups in total. The predicted octanol–water partition coefficient (Wildman–Crippen LogP) is 7.81. The summed E-state index contributed by atoms with van der Waals surface area (Å²) in [6.07, 6.45) is 2.76. The van der Waals surface area contributed by atoms with Gasteiger partial charge in [-0.2, -0.15) is 0 Å². The molecule has 5 nitrogen and oxygen atoms in total. The minimum absolute atomic E-state index is 0.0503. The van der Waals surface area contributed by atoms with Gasteiger partial charge in [0.15, 0.2) is 0 Å². The highest BCUT2D eigenvalue weighted by Gasteiger charge is 2.29. The SMILES string of the molecule is CCOC(=O)c1c(NC(=O)c2cc(-c3ccc(C(C)(C)C)cc3)nc3ccccc23)sc2c1CC[C@H](C)C2. The Morgan fingerprint density at radius 3 is 2.55 bits per heavy atom. The van der Waals surface area contributed by atoms with E-state index in [4.69, 9.17) is 9.72 Å². The second kappa shape index (κ2) is 10.3. The first kappa shape index (κ1) is 26.1. The van der Waals surface area contributed by atoms with Crippen molar-refractivity contribution in [1.29, 1.82) is 0 Å². The van der Waals surface area contributed by atoms with Gasteiger partial charge >= 0.3 is 5.97 Å². The highest BCUT2D eigenvalue weighted by atomic mass is 32.1. The molecule has 2 aromatic heterocycles. The Bertz CT molecular complexity index is 1510. The van der Waals surface area contributed by atoms with Gasteiger partial charge in [0.05, 0.1) is 28.9 Å². The quantitative estimate of drug-likeness (QED) is 0.269. The lowest BCUT2D eigenvalue weighted by molar-refractivity contribution is 0.0526. The molecule has 0 saturated carbocycles. The van der Waals surface area contributed by atoms with Gasteiger partial charge in [0.25, 0.3) is 5.91 Å². The van der Waals surface area contributed by atoms with Crippen molar-refractivity contribution in [3.8, 4) is 11.3 Å². The molecule has 0 unspecified atom stereocenters. The van der Waals surface area contributed by atoms with E-state index in [1.807, 2.05) is 30.3 Å². The molecule has 0 spiro atoms. The van der Waals surface area contributed by atoms with E-state index in [2.05, 4.69) is 57.3 Å². The van der Waals surface area contributed by atoms with E-state index in [0.717, 1.165) is 47.0 Å². The number of pyridine rings is 1. The monoisotopic (exact) mass is 526 g/mol. The van der Waals surface area contributed by atoms with E-state index in [1.54, 1.807) is 6.92 Å². The summed E-state index contributed by atoms with van der Waals surface area (Å²) in [4.78, 5) is 32.8. The van der Waals surface area contributed by atoms with Gasteiger partial charge in [0, 0.05) is 15.8 Å². The van der Waals surface area contributed by atoms with E-state index < -0.39 is 0 Å². The van der Waals surface area contributed by atoms with Crippen molar-refractivity contribution in [3.05, 3.63) is 81.7 Å². The van der Waals surface area contributed by atoms with Crippen LogP contribution in [0.15, 0.2) is 54.6 Å². The maximum absolute atomic E-state index is 13.8. The first-order chi connectivity index (χ1) is 18.2. The van der Waals surface area contributed by atoms with Crippen molar-refractivity contribution in [1.82, 2.24) is 4.98 Å². The van der Waals surface area contributed by atoms with Crippen molar-refractivity contribution >= 4 is 39.1 Å². The molecule has 5 rings (SSSR count). The average Bonchev–Trinajstić information content (AvgIpc) is 3.24. The molecule has 1 amide bonds. The first-order valence-electron chi connectivity index (χ1n) is 13.3. The number of nitrogens with one attached hydrogen (secondary N) is 1. The third-order valence-electron chi connectivity index (χ3n) is 7.23. The van der Waals surface area contributed by atoms with E-state index >= 15 is 0 Å². The normalized spacial score (nSPS) is 15.2. The van der Waals surface area contributed by atoms with E-state index in [9.17, 15) is 9.59 Å². The van der Waals surface area contributed by atoms with Crippen molar-refractivity contribution in [3.63, 3.8) is 0 Å². The summed E-state index contributed by atoms with van der Waals surface area (Å²) < 4.78 is 5.39. The van der Waals surface area contributed by atoms with Crippen LogP contribution in [0.1, 0.15) is 77.8 Å². The number of rotatable bonds is 5. The van der Waals surface area contributed by atoms with Crippen molar-refractivity contribution in [2.24, 2.45) is 5.92 Å². The first-order valence-corrected chi connectivity index (χ1v) is 14.1. The molecular formula is C32H34N2O3S. The van der Waals surface area contributed by atoms with E-state index in [1.165, 1.54) is 21.8 Å². The molecule has 2 heterocycles. The number of ether oxygens (including phenoxy) is 1. The lowest BCUT2D eigenvalue weighted by Crippen LogP contribution is -2.17. The lowest BCUT2D eigenvalue weighted by Gasteiger charge is -2.19. The van der Waals surface area contributed by atoms with Crippen molar-refractivity contribution in [2.75, 3.05) is 11.9 Å². The van der Waals surface area contributed by atoms with E-state index in [0.29, 0.717) is 28.7 Å². The molecular weight excluding hydrogens is 492 g/mol. The van der Waals surface area contributed by atoms with Crippen LogP contribution in [0.2, 0.25) is 0 Å². The highest BCUT2D eigenvalue weighted by molar-refractivity contribution is 7.17. The van der Waals surface area contributed by atoms with Crippen LogP contribution in [0, 0.1) is 5.92 Å². The average molecular weight is 527 g/mol. The Morgan fingerprint density at radius 2 is 1.84 bits per heavy atom. The molecule has 0 aliphatic heterocycles. The molecule has 1 aliphatic carbocycles. The number of nitrogens with zero attached hydrogens (tertiary/aromatic N) is 1. The summed E-state index contributed by atoms with van der Waals surface area (Å²) >= 11 is 1.50. The molecule has 1 aliphatic rings. The molecule has 0 bridgehead atoms. The zero-order valence-electron chi connectivity index (χ0n) is 22.7. The van der Waals surface area contributed by atoms with Crippen molar-refractivity contribution in [2.45, 2.75) is 59.3 Å². The largest absolute Gasteiger partial charge is 0.462 e. The van der Waals surface area contributed by atoms with Crippen LogP contribution in [0.25, 0.3) is 22.2 Å². The minimum Gasteiger partial charge on any atom is -0.462 e. The van der Waals surface area contributed by atoms with Crippen LogP contribution in [0.3, 0.4) is 0 Å². The molecule has 2 aromatic carbocycles. The van der Waals surface area contributed by atoms with Gasteiger partial charge in [-0.15, -0.1) is 11.3 Å². The summed E-state index contributed by atoms with van der Waals surface area (Å²) in [5, 5.41) is 4.43. The zero-order valence-corrected chi connectivity index (χ0v) is 23.5. The van der Waals surface area contributed by atoms with Crippen LogP contribution in [0.4, 0.5) is 5.00 Å². The Kier molecular flexibility index (Phi) is 7.10. The number of aromatic nitrogens is 1. The van der Waals surface area contributed by atoms with Crippen LogP contribution in [-0.4, -0.2) is 23.5 Å². The molecule has 0 saturated heterocycles. The number of amides is 1. The fourth-order valence-corrected chi connectivity index (χ4v) is 6.47. The molecule has 0 radical (unpaired) electrons.